The molecule has 2 rings (SSSR count). The first kappa shape index (κ1) is 15.0. The van der Waals surface area contributed by atoms with Gasteiger partial charge in [-0.25, -0.2) is 4.39 Å². The van der Waals surface area contributed by atoms with E-state index in [1.807, 2.05) is 6.07 Å². The quantitative estimate of drug-likeness (QED) is 0.766. The Morgan fingerprint density at radius 2 is 2.05 bits per heavy atom. The van der Waals surface area contributed by atoms with E-state index in [1.165, 1.54) is 12.1 Å². The van der Waals surface area contributed by atoms with Gasteiger partial charge in [-0.05, 0) is 49.6 Å². The van der Waals surface area contributed by atoms with Crippen LogP contribution in [0.2, 0.25) is 0 Å². The first-order valence-electron chi connectivity index (χ1n) is 7.56. The second kappa shape index (κ2) is 6.89. The number of furan rings is 1. The normalized spacial score (nSPS) is 14.6. The van der Waals surface area contributed by atoms with Crippen LogP contribution < -0.4 is 5.32 Å². The van der Waals surface area contributed by atoms with E-state index in [1.54, 1.807) is 6.07 Å². The Morgan fingerprint density at radius 1 is 1.25 bits per heavy atom. The average Bonchev–Trinajstić information content (AvgIpc) is 2.85. The summed E-state index contributed by atoms with van der Waals surface area (Å²) >= 11 is 0. The molecule has 0 spiro atoms. The van der Waals surface area contributed by atoms with Gasteiger partial charge >= 0.3 is 0 Å². The van der Waals surface area contributed by atoms with E-state index in [-0.39, 0.29) is 11.9 Å². The zero-order valence-electron chi connectivity index (χ0n) is 12.6. The van der Waals surface area contributed by atoms with Gasteiger partial charge in [-0.3, -0.25) is 0 Å². The predicted octanol–water partition coefficient (Wildman–Crippen LogP) is 5.05. The summed E-state index contributed by atoms with van der Waals surface area (Å²) in [6.07, 6.45) is 3.28. The van der Waals surface area contributed by atoms with E-state index < -0.39 is 0 Å². The lowest BCUT2D eigenvalue weighted by atomic mass is 9.97. The highest BCUT2D eigenvalue weighted by atomic mass is 19.1. The molecule has 2 unspecified atom stereocenters. The van der Waals surface area contributed by atoms with Gasteiger partial charge in [0.05, 0.1) is 6.04 Å². The van der Waals surface area contributed by atoms with E-state index in [0.29, 0.717) is 5.92 Å². The zero-order valence-corrected chi connectivity index (χ0v) is 12.6. The number of hydrogen-bond donors (Lipinski definition) is 1. The molecule has 0 aliphatic rings. The third-order valence-electron chi connectivity index (χ3n) is 3.82. The first-order valence-corrected chi connectivity index (χ1v) is 7.56. The van der Waals surface area contributed by atoms with Gasteiger partial charge in [0.2, 0.25) is 0 Å². The number of hydrogen-bond acceptors (Lipinski definition) is 2. The maximum absolute atomic E-state index is 13.3. The molecule has 1 N–H and O–H groups in total. The third kappa shape index (κ3) is 3.60. The largest absolute Gasteiger partial charge is 0.459 e. The maximum Gasteiger partial charge on any atom is 0.134 e. The molecule has 0 radical (unpaired) electrons. The molecule has 110 valence electrons. The molecule has 1 heterocycles. The summed E-state index contributed by atoms with van der Waals surface area (Å²) in [5.41, 5.74) is 0.758. The smallest absolute Gasteiger partial charge is 0.134 e. The SMILES string of the molecule is CCCNC(CC(C)CC)c1cc2cc(F)ccc2o1. The molecule has 0 fully saturated rings. The first-order chi connectivity index (χ1) is 9.63. The van der Waals surface area contributed by atoms with Gasteiger partial charge in [-0.15, -0.1) is 0 Å². The molecule has 0 aliphatic carbocycles. The lowest BCUT2D eigenvalue weighted by Gasteiger charge is -2.19. The van der Waals surface area contributed by atoms with Crippen molar-refractivity contribution >= 4 is 11.0 Å². The van der Waals surface area contributed by atoms with Crippen molar-refractivity contribution in [1.82, 2.24) is 5.32 Å². The fourth-order valence-electron chi connectivity index (χ4n) is 2.39. The van der Waals surface area contributed by atoms with Crippen LogP contribution in [0.4, 0.5) is 4.39 Å². The molecule has 2 nitrogen and oxygen atoms in total. The van der Waals surface area contributed by atoms with E-state index >= 15 is 0 Å². The highest BCUT2D eigenvalue weighted by molar-refractivity contribution is 5.78. The Bertz CT molecular complexity index is 549. The summed E-state index contributed by atoms with van der Waals surface area (Å²) in [4.78, 5) is 0. The Labute approximate surface area is 120 Å². The van der Waals surface area contributed by atoms with Crippen LogP contribution in [-0.2, 0) is 0 Å². The van der Waals surface area contributed by atoms with Crippen LogP contribution >= 0.6 is 0 Å². The highest BCUT2D eigenvalue weighted by Gasteiger charge is 2.18. The van der Waals surface area contributed by atoms with E-state index in [0.717, 1.165) is 42.5 Å². The summed E-state index contributed by atoms with van der Waals surface area (Å²) < 4.78 is 19.2. The van der Waals surface area contributed by atoms with Crippen LogP contribution in [0.1, 0.15) is 51.8 Å². The van der Waals surface area contributed by atoms with Gasteiger partial charge in [-0.1, -0.05) is 27.2 Å². The molecule has 3 heteroatoms. The summed E-state index contributed by atoms with van der Waals surface area (Å²) in [5.74, 6) is 1.33. The monoisotopic (exact) mass is 277 g/mol. The van der Waals surface area contributed by atoms with Crippen molar-refractivity contribution in [2.45, 2.75) is 46.1 Å². The van der Waals surface area contributed by atoms with Gasteiger partial charge < -0.3 is 9.73 Å². The topological polar surface area (TPSA) is 25.2 Å². The Morgan fingerprint density at radius 3 is 2.75 bits per heavy atom. The molecule has 1 aromatic carbocycles. The van der Waals surface area contributed by atoms with Crippen LogP contribution in [0.25, 0.3) is 11.0 Å². The van der Waals surface area contributed by atoms with Crippen molar-refractivity contribution in [3.05, 3.63) is 35.8 Å². The summed E-state index contributed by atoms with van der Waals surface area (Å²) in [6, 6.07) is 6.85. The van der Waals surface area contributed by atoms with Crippen molar-refractivity contribution in [2.75, 3.05) is 6.54 Å². The molecule has 2 aromatic rings. The van der Waals surface area contributed by atoms with Crippen molar-refractivity contribution in [3.63, 3.8) is 0 Å². The second-order valence-corrected chi connectivity index (χ2v) is 5.59. The van der Waals surface area contributed by atoms with Gasteiger partial charge in [0.1, 0.15) is 17.2 Å². The van der Waals surface area contributed by atoms with Crippen molar-refractivity contribution in [3.8, 4) is 0 Å². The van der Waals surface area contributed by atoms with Gasteiger partial charge in [-0.2, -0.15) is 0 Å². The molecule has 2 atom stereocenters. The van der Waals surface area contributed by atoms with Gasteiger partial charge in [0, 0.05) is 5.39 Å². The number of benzene rings is 1. The highest BCUT2D eigenvalue weighted by Crippen LogP contribution is 2.29. The summed E-state index contributed by atoms with van der Waals surface area (Å²) in [6.45, 7) is 7.58. The minimum absolute atomic E-state index is 0.209. The van der Waals surface area contributed by atoms with Gasteiger partial charge in [0.15, 0.2) is 0 Å². The van der Waals surface area contributed by atoms with Crippen molar-refractivity contribution < 1.29 is 8.81 Å². The molecule has 0 saturated carbocycles. The van der Waals surface area contributed by atoms with Gasteiger partial charge in [0.25, 0.3) is 0 Å². The standard InChI is InChI=1S/C17H24FNO/c1-4-8-19-15(9-12(3)5-2)17-11-13-10-14(18)6-7-16(13)20-17/h6-7,10-12,15,19H,4-5,8-9H2,1-3H3. The summed E-state index contributed by atoms with van der Waals surface area (Å²) in [7, 11) is 0. The second-order valence-electron chi connectivity index (χ2n) is 5.59. The Kier molecular flexibility index (Phi) is 5.18. The third-order valence-corrected chi connectivity index (χ3v) is 3.82. The lowest BCUT2D eigenvalue weighted by molar-refractivity contribution is 0.355. The number of halogens is 1. The lowest BCUT2D eigenvalue weighted by Crippen LogP contribution is -2.23. The van der Waals surface area contributed by atoms with E-state index in [2.05, 4.69) is 26.1 Å². The molecule has 0 amide bonds. The molecular formula is C17H24FNO. The fourth-order valence-corrected chi connectivity index (χ4v) is 2.39. The fraction of sp³-hybridized carbons (Fsp3) is 0.529. The van der Waals surface area contributed by atoms with Crippen LogP contribution in [0.3, 0.4) is 0 Å². The molecule has 0 saturated heterocycles. The minimum atomic E-state index is -0.218. The van der Waals surface area contributed by atoms with Crippen LogP contribution in [0, 0.1) is 11.7 Å². The molecular weight excluding hydrogens is 253 g/mol. The van der Waals surface area contributed by atoms with Crippen LogP contribution in [-0.4, -0.2) is 6.54 Å². The number of fused-ring (bicyclic) bond motifs is 1. The molecule has 20 heavy (non-hydrogen) atoms. The average molecular weight is 277 g/mol. The minimum Gasteiger partial charge on any atom is -0.459 e. The van der Waals surface area contributed by atoms with Crippen LogP contribution in [0.5, 0.6) is 0 Å². The number of nitrogens with one attached hydrogen (secondary N) is 1. The zero-order chi connectivity index (χ0) is 14.5. The van der Waals surface area contributed by atoms with Crippen LogP contribution in [0.15, 0.2) is 28.7 Å². The maximum atomic E-state index is 13.3. The van der Waals surface area contributed by atoms with E-state index in [9.17, 15) is 4.39 Å². The number of rotatable bonds is 7. The molecule has 0 bridgehead atoms. The molecule has 1 aromatic heterocycles. The Balaban J connectivity index is 2.24. The van der Waals surface area contributed by atoms with Crippen molar-refractivity contribution in [2.24, 2.45) is 5.92 Å². The van der Waals surface area contributed by atoms with E-state index in [4.69, 9.17) is 4.42 Å². The van der Waals surface area contributed by atoms with Crippen molar-refractivity contribution in [1.29, 1.82) is 0 Å². The Hall–Kier alpha value is -1.35. The molecule has 0 aliphatic heterocycles. The summed E-state index contributed by atoms with van der Waals surface area (Å²) in [5, 5.41) is 4.38. The predicted molar refractivity (Wildman–Crippen MR) is 81.3 cm³/mol.